The summed E-state index contributed by atoms with van der Waals surface area (Å²) >= 11 is 0. The summed E-state index contributed by atoms with van der Waals surface area (Å²) in [5, 5.41) is 5.79. The van der Waals surface area contributed by atoms with Crippen molar-refractivity contribution in [1.82, 2.24) is 5.32 Å². The summed E-state index contributed by atoms with van der Waals surface area (Å²) < 4.78 is 4.81. The Morgan fingerprint density at radius 3 is 2.55 bits per heavy atom. The standard InChI is InChI=1S/C17H22N2O3/c1-2-22-16(20)12-9-13-7-10-15(11-8-13)19-17(21)18-14-5-3-4-6-14/h7-12,14H,2-6H2,1H3,(H2,18,19,21)/b12-9-. The highest BCUT2D eigenvalue weighted by Gasteiger charge is 2.16. The SMILES string of the molecule is CCOC(=O)/C=C\c1ccc(NC(=O)NC2CCCC2)cc1. The van der Waals surface area contributed by atoms with Crippen LogP contribution in [0, 0.1) is 0 Å². The second-order valence-corrected chi connectivity index (χ2v) is 5.29. The molecule has 5 heteroatoms. The highest BCUT2D eigenvalue weighted by atomic mass is 16.5. The van der Waals surface area contributed by atoms with Crippen molar-refractivity contribution >= 4 is 23.8 Å². The molecular weight excluding hydrogens is 280 g/mol. The highest BCUT2D eigenvalue weighted by molar-refractivity contribution is 5.90. The summed E-state index contributed by atoms with van der Waals surface area (Å²) in [6, 6.07) is 7.41. The third-order valence-electron chi connectivity index (χ3n) is 3.56. The molecular formula is C17H22N2O3. The van der Waals surface area contributed by atoms with Crippen LogP contribution in [0.3, 0.4) is 0 Å². The quantitative estimate of drug-likeness (QED) is 0.647. The fourth-order valence-corrected chi connectivity index (χ4v) is 2.45. The lowest BCUT2D eigenvalue weighted by Gasteiger charge is -2.13. The van der Waals surface area contributed by atoms with Gasteiger partial charge in [0.2, 0.25) is 0 Å². The number of benzene rings is 1. The fraction of sp³-hybridized carbons (Fsp3) is 0.412. The maximum Gasteiger partial charge on any atom is 0.330 e. The van der Waals surface area contributed by atoms with E-state index in [1.807, 2.05) is 12.1 Å². The molecule has 0 bridgehead atoms. The minimum Gasteiger partial charge on any atom is -0.463 e. The Labute approximate surface area is 130 Å². The topological polar surface area (TPSA) is 67.4 Å². The maximum atomic E-state index is 11.8. The number of rotatable bonds is 5. The van der Waals surface area contributed by atoms with Gasteiger partial charge >= 0.3 is 12.0 Å². The van der Waals surface area contributed by atoms with Crippen LogP contribution in [0.25, 0.3) is 6.08 Å². The molecule has 1 aliphatic rings. The Morgan fingerprint density at radius 1 is 1.23 bits per heavy atom. The van der Waals surface area contributed by atoms with Crippen molar-refractivity contribution in [2.45, 2.75) is 38.6 Å². The summed E-state index contributed by atoms with van der Waals surface area (Å²) in [5.74, 6) is -0.361. The number of ether oxygens (including phenoxy) is 1. The van der Waals surface area contributed by atoms with Crippen molar-refractivity contribution in [2.75, 3.05) is 11.9 Å². The smallest absolute Gasteiger partial charge is 0.330 e. The zero-order valence-electron chi connectivity index (χ0n) is 12.8. The van der Waals surface area contributed by atoms with Crippen LogP contribution in [-0.2, 0) is 9.53 Å². The Kier molecular flexibility index (Phi) is 6.01. The van der Waals surface area contributed by atoms with Crippen molar-refractivity contribution in [2.24, 2.45) is 0 Å². The number of nitrogens with one attached hydrogen (secondary N) is 2. The van der Waals surface area contributed by atoms with Crippen molar-refractivity contribution in [1.29, 1.82) is 0 Å². The first-order valence-electron chi connectivity index (χ1n) is 7.70. The molecule has 22 heavy (non-hydrogen) atoms. The summed E-state index contributed by atoms with van der Waals surface area (Å²) in [4.78, 5) is 23.1. The fourth-order valence-electron chi connectivity index (χ4n) is 2.45. The Hall–Kier alpha value is -2.30. The molecule has 0 unspecified atom stereocenters. The lowest BCUT2D eigenvalue weighted by Crippen LogP contribution is -2.36. The van der Waals surface area contributed by atoms with Crippen LogP contribution in [0.2, 0.25) is 0 Å². The molecule has 0 spiro atoms. The molecule has 0 heterocycles. The van der Waals surface area contributed by atoms with E-state index in [-0.39, 0.29) is 12.0 Å². The molecule has 1 aromatic rings. The van der Waals surface area contributed by atoms with E-state index in [2.05, 4.69) is 10.6 Å². The zero-order valence-corrected chi connectivity index (χ0v) is 12.8. The Morgan fingerprint density at radius 2 is 1.91 bits per heavy atom. The first-order chi connectivity index (χ1) is 10.7. The van der Waals surface area contributed by atoms with Crippen molar-refractivity contribution < 1.29 is 14.3 Å². The molecule has 1 saturated carbocycles. The lowest BCUT2D eigenvalue weighted by molar-refractivity contribution is -0.137. The van der Waals surface area contributed by atoms with E-state index < -0.39 is 0 Å². The molecule has 5 nitrogen and oxygen atoms in total. The van der Waals surface area contributed by atoms with Crippen LogP contribution in [0.1, 0.15) is 38.2 Å². The molecule has 2 rings (SSSR count). The first-order valence-corrected chi connectivity index (χ1v) is 7.70. The number of carbonyl (C=O) groups is 2. The molecule has 0 aliphatic heterocycles. The summed E-state index contributed by atoms with van der Waals surface area (Å²) in [6.45, 7) is 2.13. The van der Waals surface area contributed by atoms with E-state index >= 15 is 0 Å². The van der Waals surface area contributed by atoms with E-state index in [0.29, 0.717) is 12.6 Å². The third-order valence-corrected chi connectivity index (χ3v) is 3.56. The van der Waals surface area contributed by atoms with Gasteiger partial charge in [0.1, 0.15) is 0 Å². The van der Waals surface area contributed by atoms with E-state index in [1.54, 1.807) is 25.1 Å². The average Bonchev–Trinajstić information content (AvgIpc) is 2.99. The molecule has 1 fully saturated rings. The second-order valence-electron chi connectivity index (χ2n) is 5.29. The van der Waals surface area contributed by atoms with Crippen LogP contribution in [0.15, 0.2) is 30.3 Å². The summed E-state index contributed by atoms with van der Waals surface area (Å²) in [5.41, 5.74) is 1.60. The summed E-state index contributed by atoms with van der Waals surface area (Å²) in [7, 11) is 0. The van der Waals surface area contributed by atoms with Gasteiger partial charge in [-0.3, -0.25) is 0 Å². The average molecular weight is 302 g/mol. The number of hydrogen-bond acceptors (Lipinski definition) is 3. The van der Waals surface area contributed by atoms with Crippen molar-refractivity contribution in [3.05, 3.63) is 35.9 Å². The molecule has 1 aromatic carbocycles. The predicted octanol–water partition coefficient (Wildman–Crippen LogP) is 3.33. The van der Waals surface area contributed by atoms with E-state index in [4.69, 9.17) is 4.74 Å². The van der Waals surface area contributed by atoms with Gasteiger partial charge in [0.15, 0.2) is 0 Å². The van der Waals surface area contributed by atoms with Gasteiger partial charge in [-0.2, -0.15) is 0 Å². The van der Waals surface area contributed by atoms with Crippen LogP contribution in [0.4, 0.5) is 10.5 Å². The van der Waals surface area contributed by atoms with Gasteiger partial charge < -0.3 is 15.4 Å². The highest BCUT2D eigenvalue weighted by Crippen LogP contribution is 2.18. The number of hydrogen-bond donors (Lipinski definition) is 2. The molecule has 0 aromatic heterocycles. The minimum absolute atomic E-state index is 0.165. The predicted molar refractivity (Wildman–Crippen MR) is 86.5 cm³/mol. The molecule has 1 aliphatic carbocycles. The molecule has 2 amide bonds. The largest absolute Gasteiger partial charge is 0.463 e. The van der Waals surface area contributed by atoms with Gasteiger partial charge in [-0.15, -0.1) is 0 Å². The third kappa shape index (κ3) is 5.24. The van der Waals surface area contributed by atoms with E-state index in [9.17, 15) is 9.59 Å². The monoisotopic (exact) mass is 302 g/mol. The lowest BCUT2D eigenvalue weighted by atomic mass is 10.2. The van der Waals surface area contributed by atoms with Crippen molar-refractivity contribution in [3.8, 4) is 0 Å². The molecule has 0 radical (unpaired) electrons. The van der Waals surface area contributed by atoms with Gasteiger partial charge in [0.25, 0.3) is 0 Å². The van der Waals surface area contributed by atoms with Gasteiger partial charge in [-0.1, -0.05) is 25.0 Å². The number of urea groups is 1. The van der Waals surface area contributed by atoms with Gasteiger partial charge in [-0.05, 0) is 43.5 Å². The Bertz CT molecular complexity index is 531. The number of esters is 1. The molecule has 0 atom stereocenters. The van der Waals surface area contributed by atoms with Crippen LogP contribution >= 0.6 is 0 Å². The van der Waals surface area contributed by atoms with Gasteiger partial charge in [0, 0.05) is 17.8 Å². The number of carbonyl (C=O) groups excluding carboxylic acids is 2. The number of anilines is 1. The van der Waals surface area contributed by atoms with Gasteiger partial charge in [-0.25, -0.2) is 9.59 Å². The summed E-state index contributed by atoms with van der Waals surface area (Å²) in [6.07, 6.45) is 7.56. The normalized spacial score (nSPS) is 15.0. The minimum atomic E-state index is -0.361. The first kappa shape index (κ1) is 16.1. The molecule has 2 N–H and O–H groups in total. The number of amides is 2. The van der Waals surface area contributed by atoms with Crippen LogP contribution in [-0.4, -0.2) is 24.6 Å². The molecule has 118 valence electrons. The van der Waals surface area contributed by atoms with E-state index in [1.165, 1.54) is 18.9 Å². The molecule has 0 saturated heterocycles. The van der Waals surface area contributed by atoms with Gasteiger partial charge in [0.05, 0.1) is 6.61 Å². The zero-order chi connectivity index (χ0) is 15.8. The Balaban J connectivity index is 1.83. The van der Waals surface area contributed by atoms with Crippen LogP contribution < -0.4 is 10.6 Å². The maximum absolute atomic E-state index is 11.8. The second kappa shape index (κ2) is 8.22. The van der Waals surface area contributed by atoms with Crippen LogP contribution in [0.5, 0.6) is 0 Å². The van der Waals surface area contributed by atoms with E-state index in [0.717, 1.165) is 24.1 Å². The van der Waals surface area contributed by atoms with Crippen molar-refractivity contribution in [3.63, 3.8) is 0 Å².